The van der Waals surface area contributed by atoms with Crippen molar-refractivity contribution in [1.82, 2.24) is 24.7 Å². The molecule has 0 unspecified atom stereocenters. The Morgan fingerprint density at radius 3 is 1.97 bits per heavy atom. The minimum Gasteiger partial charge on any atom is -0.336 e. The van der Waals surface area contributed by atoms with E-state index in [1.807, 2.05) is 47.4 Å². The van der Waals surface area contributed by atoms with Gasteiger partial charge < -0.3 is 9.80 Å². The molecule has 7 heteroatoms. The number of carbonyl (C=O) groups is 2. The van der Waals surface area contributed by atoms with E-state index in [4.69, 9.17) is 0 Å². The summed E-state index contributed by atoms with van der Waals surface area (Å²) in [5.74, 6) is 0.213. The number of rotatable bonds is 4. The molecule has 2 aliphatic heterocycles. The average molecular weight is 428 g/mol. The van der Waals surface area contributed by atoms with Crippen molar-refractivity contribution in [2.45, 2.75) is 6.04 Å². The van der Waals surface area contributed by atoms with Crippen LogP contribution in [-0.4, -0.2) is 81.8 Å². The van der Waals surface area contributed by atoms with Gasteiger partial charge in [-0.2, -0.15) is 0 Å². The van der Waals surface area contributed by atoms with Crippen molar-refractivity contribution in [1.29, 1.82) is 0 Å². The molecule has 5 rings (SSSR count). The summed E-state index contributed by atoms with van der Waals surface area (Å²) in [4.78, 5) is 39.5. The lowest BCUT2D eigenvalue weighted by Gasteiger charge is -2.47. The number of hydrogen-bond donors (Lipinski definition) is 0. The van der Waals surface area contributed by atoms with Crippen LogP contribution in [-0.2, 0) is 0 Å². The van der Waals surface area contributed by atoms with Gasteiger partial charge in [0.15, 0.2) is 0 Å². The summed E-state index contributed by atoms with van der Waals surface area (Å²) in [6.07, 6.45) is 3.17. The summed E-state index contributed by atoms with van der Waals surface area (Å²) in [6.45, 7) is 4.42. The Balaban J connectivity index is 1.12. The van der Waals surface area contributed by atoms with Gasteiger partial charge >= 0.3 is 0 Å². The van der Waals surface area contributed by atoms with Crippen LogP contribution in [0.1, 0.15) is 21.0 Å². The molecule has 32 heavy (non-hydrogen) atoms. The summed E-state index contributed by atoms with van der Waals surface area (Å²) in [7, 11) is 0. The van der Waals surface area contributed by atoms with Crippen LogP contribution in [0.15, 0.2) is 73.1 Å². The Hall–Kier alpha value is -3.58. The normalized spacial score (nSPS) is 17.1. The zero-order valence-electron chi connectivity index (χ0n) is 17.8. The van der Waals surface area contributed by atoms with Crippen molar-refractivity contribution in [3.63, 3.8) is 0 Å². The van der Waals surface area contributed by atoms with Crippen LogP contribution < -0.4 is 0 Å². The van der Waals surface area contributed by atoms with Crippen LogP contribution in [0, 0.1) is 0 Å². The smallest absolute Gasteiger partial charge is 0.291 e. The van der Waals surface area contributed by atoms with E-state index in [1.165, 1.54) is 0 Å². The van der Waals surface area contributed by atoms with E-state index < -0.39 is 0 Å². The molecule has 2 aliphatic rings. The first-order valence-corrected chi connectivity index (χ1v) is 10.9. The van der Waals surface area contributed by atoms with Crippen molar-refractivity contribution < 1.29 is 9.59 Å². The van der Waals surface area contributed by atoms with Gasteiger partial charge in [0.25, 0.3) is 11.8 Å². The van der Waals surface area contributed by atoms with Gasteiger partial charge in [-0.1, -0.05) is 42.5 Å². The molecule has 0 bridgehead atoms. The third-order valence-corrected chi connectivity index (χ3v) is 6.26. The first-order valence-electron chi connectivity index (χ1n) is 10.9. The highest BCUT2D eigenvalue weighted by Crippen LogP contribution is 2.22. The van der Waals surface area contributed by atoms with Crippen LogP contribution in [0.3, 0.4) is 0 Å². The first-order chi connectivity index (χ1) is 15.7. The van der Waals surface area contributed by atoms with E-state index in [9.17, 15) is 9.59 Å². The van der Waals surface area contributed by atoms with Crippen LogP contribution in [0.25, 0.3) is 11.1 Å². The van der Waals surface area contributed by atoms with Gasteiger partial charge in [0.05, 0.1) is 0 Å². The lowest BCUT2D eigenvalue weighted by molar-refractivity contribution is 0.00790. The number of likely N-dealkylation sites (tertiary alicyclic amines) is 1. The van der Waals surface area contributed by atoms with Crippen LogP contribution in [0.2, 0.25) is 0 Å². The van der Waals surface area contributed by atoms with Gasteiger partial charge in [-0.05, 0) is 29.3 Å². The zero-order valence-corrected chi connectivity index (χ0v) is 17.8. The lowest BCUT2D eigenvalue weighted by Crippen LogP contribution is -2.64. The molecule has 1 aromatic heterocycles. The number of amides is 2. The molecule has 0 N–H and O–H groups in total. The minimum atomic E-state index is -0.116. The fourth-order valence-corrected chi connectivity index (χ4v) is 4.31. The predicted octanol–water partition coefficient (Wildman–Crippen LogP) is 2.43. The Bertz CT molecular complexity index is 1070. The maximum atomic E-state index is 12.9. The molecule has 0 spiro atoms. The van der Waals surface area contributed by atoms with E-state index >= 15 is 0 Å². The summed E-state index contributed by atoms with van der Waals surface area (Å²) in [6, 6.07) is 20.1. The zero-order chi connectivity index (χ0) is 21.9. The van der Waals surface area contributed by atoms with E-state index in [1.54, 1.807) is 23.4 Å². The SMILES string of the molecule is O=C(c1ccc(-c2ccccc2)cc1)N1CCN(C2CN(C(=O)c3ncccn3)C2)CC1. The number of nitrogens with zero attached hydrogens (tertiary/aromatic N) is 5. The van der Waals surface area contributed by atoms with Gasteiger partial charge in [0.1, 0.15) is 0 Å². The molecule has 162 valence electrons. The Morgan fingerprint density at radius 2 is 1.31 bits per heavy atom. The first kappa shape index (κ1) is 20.3. The van der Waals surface area contributed by atoms with Crippen LogP contribution in [0.5, 0.6) is 0 Å². The predicted molar refractivity (Wildman–Crippen MR) is 121 cm³/mol. The highest BCUT2D eigenvalue weighted by atomic mass is 16.2. The molecule has 7 nitrogen and oxygen atoms in total. The number of piperazine rings is 1. The molecule has 2 fully saturated rings. The molecule has 0 saturated carbocycles. The second kappa shape index (κ2) is 8.88. The van der Waals surface area contributed by atoms with E-state index in [-0.39, 0.29) is 17.6 Å². The monoisotopic (exact) mass is 427 g/mol. The Labute approximate surface area is 187 Å². The molecular formula is C25H25N5O2. The fourth-order valence-electron chi connectivity index (χ4n) is 4.31. The Morgan fingerprint density at radius 1 is 0.688 bits per heavy atom. The van der Waals surface area contributed by atoms with Crippen molar-refractivity contribution in [2.24, 2.45) is 0 Å². The second-order valence-electron chi connectivity index (χ2n) is 8.21. The van der Waals surface area contributed by atoms with Crippen molar-refractivity contribution in [3.05, 3.63) is 84.4 Å². The summed E-state index contributed by atoms with van der Waals surface area (Å²) in [5, 5.41) is 0. The molecule has 2 saturated heterocycles. The molecule has 0 radical (unpaired) electrons. The van der Waals surface area contributed by atoms with Crippen LogP contribution >= 0.6 is 0 Å². The summed E-state index contributed by atoms with van der Waals surface area (Å²) < 4.78 is 0. The molecule has 2 amide bonds. The van der Waals surface area contributed by atoms with Gasteiger partial charge in [-0.15, -0.1) is 0 Å². The van der Waals surface area contributed by atoms with Crippen molar-refractivity contribution >= 4 is 11.8 Å². The topological polar surface area (TPSA) is 69.6 Å². The van der Waals surface area contributed by atoms with E-state index in [0.717, 1.165) is 29.8 Å². The summed E-state index contributed by atoms with van der Waals surface area (Å²) >= 11 is 0. The minimum absolute atomic E-state index is 0.0795. The molecule has 3 heterocycles. The van der Waals surface area contributed by atoms with E-state index in [2.05, 4.69) is 27.0 Å². The standard InChI is InChI=1S/C25H25N5O2/c31-24(21-9-7-20(8-10-21)19-5-2-1-3-6-19)29-15-13-28(14-16-29)22-17-30(18-22)25(32)23-26-11-4-12-27-23/h1-12,22H,13-18H2. The highest BCUT2D eigenvalue weighted by Gasteiger charge is 2.37. The number of carbonyl (C=O) groups excluding carboxylic acids is 2. The second-order valence-corrected chi connectivity index (χ2v) is 8.21. The van der Waals surface area contributed by atoms with E-state index in [0.29, 0.717) is 32.2 Å². The Kier molecular flexibility index (Phi) is 5.64. The fraction of sp³-hybridized carbons (Fsp3) is 0.280. The maximum absolute atomic E-state index is 12.9. The van der Waals surface area contributed by atoms with Gasteiger partial charge in [0, 0.05) is 63.3 Å². The summed E-state index contributed by atoms with van der Waals surface area (Å²) in [5.41, 5.74) is 2.98. The van der Waals surface area contributed by atoms with Crippen LogP contribution in [0.4, 0.5) is 0 Å². The third kappa shape index (κ3) is 4.11. The highest BCUT2D eigenvalue weighted by molar-refractivity contribution is 5.95. The molecule has 2 aromatic carbocycles. The number of aromatic nitrogens is 2. The quantitative estimate of drug-likeness (QED) is 0.640. The van der Waals surface area contributed by atoms with Crippen molar-refractivity contribution in [3.8, 4) is 11.1 Å². The third-order valence-electron chi connectivity index (χ3n) is 6.26. The van der Waals surface area contributed by atoms with Gasteiger partial charge in [-0.3, -0.25) is 14.5 Å². The molecule has 0 atom stereocenters. The molecular weight excluding hydrogens is 402 g/mol. The molecule has 0 aliphatic carbocycles. The number of benzene rings is 2. The van der Waals surface area contributed by atoms with Crippen molar-refractivity contribution in [2.75, 3.05) is 39.3 Å². The van der Waals surface area contributed by atoms with Gasteiger partial charge in [0.2, 0.25) is 5.82 Å². The maximum Gasteiger partial charge on any atom is 0.291 e. The average Bonchev–Trinajstić information content (AvgIpc) is 2.84. The number of hydrogen-bond acceptors (Lipinski definition) is 5. The van der Waals surface area contributed by atoms with Gasteiger partial charge in [-0.25, -0.2) is 9.97 Å². The molecule has 3 aromatic rings. The lowest BCUT2D eigenvalue weighted by atomic mass is 10.0. The largest absolute Gasteiger partial charge is 0.336 e.